The number of nitriles is 1. The Kier molecular flexibility index (Phi) is 7.36. The number of hydrogen-bond acceptors (Lipinski definition) is 8. The van der Waals surface area contributed by atoms with Crippen molar-refractivity contribution in [2.45, 2.75) is 43.9 Å². The average molecular weight is 496 g/mol. The maximum Gasteiger partial charge on any atom is 0.256 e. The van der Waals surface area contributed by atoms with Crippen LogP contribution in [-0.2, 0) is 11.3 Å². The molecule has 0 spiro atoms. The van der Waals surface area contributed by atoms with Crippen molar-refractivity contribution in [3.05, 3.63) is 54.0 Å². The van der Waals surface area contributed by atoms with Crippen LogP contribution in [0.1, 0.15) is 37.1 Å². The summed E-state index contributed by atoms with van der Waals surface area (Å²) in [6.45, 7) is 1.62. The molecule has 0 bridgehead atoms. The number of amides is 1. The standard InChI is InChI=1S/C25H25N5O4.ClH/c26-13-18-5-4-16-2-1-3-20(23(16)29-18)30-24(31)25(32)8-6-17(7-9-25)27-14-19-12-21-22(15-28-19)34-11-10-33-21;/h1-5,12,15,17,27,32H,6-11,14H2,(H,30,31);1H. The molecule has 3 heterocycles. The molecule has 35 heavy (non-hydrogen) atoms. The van der Waals surface area contributed by atoms with Gasteiger partial charge in [-0.15, -0.1) is 12.4 Å². The van der Waals surface area contributed by atoms with E-state index in [1.54, 1.807) is 24.4 Å². The second kappa shape index (κ2) is 10.4. The van der Waals surface area contributed by atoms with Crippen molar-refractivity contribution in [2.24, 2.45) is 0 Å². The van der Waals surface area contributed by atoms with Gasteiger partial charge in [0, 0.05) is 24.0 Å². The van der Waals surface area contributed by atoms with Crippen LogP contribution in [0.5, 0.6) is 11.5 Å². The highest BCUT2D eigenvalue weighted by atomic mass is 35.5. The Hall–Kier alpha value is -3.45. The van der Waals surface area contributed by atoms with Crippen LogP contribution in [0.15, 0.2) is 42.6 Å². The number of fused-ring (bicyclic) bond motifs is 2. The number of aliphatic hydroxyl groups is 1. The molecular weight excluding hydrogens is 470 g/mol. The molecule has 1 aromatic carbocycles. The van der Waals surface area contributed by atoms with Gasteiger partial charge >= 0.3 is 0 Å². The van der Waals surface area contributed by atoms with Crippen LogP contribution in [0.25, 0.3) is 10.9 Å². The summed E-state index contributed by atoms with van der Waals surface area (Å²) in [4.78, 5) is 21.7. The van der Waals surface area contributed by atoms with Gasteiger partial charge in [0.15, 0.2) is 11.5 Å². The van der Waals surface area contributed by atoms with Crippen LogP contribution in [-0.4, -0.2) is 45.8 Å². The number of nitrogens with zero attached hydrogens (tertiary/aromatic N) is 3. The van der Waals surface area contributed by atoms with E-state index >= 15 is 0 Å². The van der Waals surface area contributed by atoms with Gasteiger partial charge in [-0.25, -0.2) is 4.98 Å². The van der Waals surface area contributed by atoms with Crippen molar-refractivity contribution >= 4 is 34.9 Å². The maximum atomic E-state index is 13.0. The normalized spacial score (nSPS) is 21.0. The summed E-state index contributed by atoms with van der Waals surface area (Å²) in [5.74, 6) is 0.919. The van der Waals surface area contributed by atoms with Gasteiger partial charge in [0.25, 0.3) is 5.91 Å². The van der Waals surface area contributed by atoms with Crippen LogP contribution in [0, 0.1) is 11.3 Å². The summed E-state index contributed by atoms with van der Waals surface area (Å²) in [5, 5.41) is 27.3. The Morgan fingerprint density at radius 3 is 2.71 bits per heavy atom. The van der Waals surface area contributed by atoms with Crippen LogP contribution in [0.4, 0.5) is 5.69 Å². The molecule has 182 valence electrons. The molecule has 0 atom stereocenters. The van der Waals surface area contributed by atoms with Gasteiger partial charge in [0.1, 0.15) is 30.6 Å². The Bertz CT molecular complexity index is 1270. The van der Waals surface area contributed by atoms with Crippen LogP contribution in [0.3, 0.4) is 0 Å². The first kappa shape index (κ1) is 24.7. The summed E-state index contributed by atoms with van der Waals surface area (Å²) >= 11 is 0. The third kappa shape index (κ3) is 5.30. The van der Waals surface area contributed by atoms with Gasteiger partial charge in [0.2, 0.25) is 0 Å². The van der Waals surface area contributed by atoms with Crippen molar-refractivity contribution in [3.63, 3.8) is 0 Å². The van der Waals surface area contributed by atoms with Crippen molar-refractivity contribution in [3.8, 4) is 17.6 Å². The summed E-state index contributed by atoms with van der Waals surface area (Å²) < 4.78 is 11.1. The molecule has 3 aromatic rings. The topological polar surface area (TPSA) is 129 Å². The first-order chi connectivity index (χ1) is 16.5. The van der Waals surface area contributed by atoms with Crippen LogP contribution in [0.2, 0.25) is 0 Å². The predicted molar refractivity (Wildman–Crippen MR) is 132 cm³/mol. The van der Waals surface area contributed by atoms with Gasteiger partial charge < -0.3 is 25.2 Å². The second-order valence-corrected chi connectivity index (χ2v) is 8.65. The molecule has 1 saturated carbocycles. The zero-order valence-electron chi connectivity index (χ0n) is 19.0. The highest BCUT2D eigenvalue weighted by molar-refractivity contribution is 6.03. The lowest BCUT2D eigenvalue weighted by Gasteiger charge is -2.35. The molecule has 0 unspecified atom stereocenters. The number of anilines is 1. The first-order valence-electron chi connectivity index (χ1n) is 11.4. The Labute approximate surface area is 208 Å². The molecule has 9 nitrogen and oxygen atoms in total. The molecule has 2 aliphatic rings. The fourth-order valence-corrected chi connectivity index (χ4v) is 4.41. The second-order valence-electron chi connectivity index (χ2n) is 8.65. The number of halogens is 1. The number of benzene rings is 1. The number of nitrogens with one attached hydrogen (secondary N) is 2. The molecule has 1 fully saturated rings. The number of para-hydroxylation sites is 1. The first-order valence-corrected chi connectivity index (χ1v) is 11.4. The van der Waals surface area contributed by atoms with E-state index in [1.165, 1.54) is 0 Å². The third-order valence-corrected chi connectivity index (χ3v) is 6.38. The highest BCUT2D eigenvalue weighted by Gasteiger charge is 2.40. The van der Waals surface area contributed by atoms with E-state index in [-0.39, 0.29) is 24.1 Å². The zero-order chi connectivity index (χ0) is 23.5. The number of aromatic nitrogens is 2. The van der Waals surface area contributed by atoms with Crippen molar-refractivity contribution < 1.29 is 19.4 Å². The molecule has 1 aliphatic carbocycles. The van der Waals surface area contributed by atoms with E-state index in [4.69, 9.17) is 14.7 Å². The Morgan fingerprint density at radius 2 is 1.94 bits per heavy atom. The van der Waals surface area contributed by atoms with E-state index in [0.717, 1.165) is 11.1 Å². The van der Waals surface area contributed by atoms with Crippen LogP contribution < -0.4 is 20.1 Å². The Balaban J connectivity index is 0.00000289. The van der Waals surface area contributed by atoms with E-state index in [0.29, 0.717) is 68.1 Å². The number of pyridine rings is 2. The maximum absolute atomic E-state index is 13.0. The third-order valence-electron chi connectivity index (χ3n) is 6.38. The summed E-state index contributed by atoms with van der Waals surface area (Å²) in [5.41, 5.74) is 0.677. The van der Waals surface area contributed by atoms with Crippen LogP contribution >= 0.6 is 12.4 Å². The van der Waals surface area contributed by atoms with Crippen molar-refractivity contribution in [2.75, 3.05) is 18.5 Å². The lowest BCUT2D eigenvalue weighted by atomic mass is 9.81. The fourth-order valence-electron chi connectivity index (χ4n) is 4.41. The molecule has 0 saturated heterocycles. The molecule has 1 aliphatic heterocycles. The lowest BCUT2D eigenvalue weighted by molar-refractivity contribution is -0.137. The average Bonchev–Trinajstić information content (AvgIpc) is 2.88. The molecule has 1 amide bonds. The van der Waals surface area contributed by atoms with Gasteiger partial charge in [-0.3, -0.25) is 9.78 Å². The number of carbonyl (C=O) groups excluding carboxylic acids is 1. The smallest absolute Gasteiger partial charge is 0.256 e. The van der Waals surface area contributed by atoms with Gasteiger partial charge in [-0.05, 0) is 43.9 Å². The number of carbonyl (C=O) groups is 1. The van der Waals surface area contributed by atoms with E-state index in [9.17, 15) is 9.90 Å². The highest BCUT2D eigenvalue weighted by Crippen LogP contribution is 2.32. The molecule has 10 heteroatoms. The predicted octanol–water partition coefficient (Wildman–Crippen LogP) is 3.10. The monoisotopic (exact) mass is 495 g/mol. The minimum absolute atomic E-state index is 0. The molecular formula is C25H26ClN5O4. The minimum atomic E-state index is -1.46. The summed E-state index contributed by atoms with van der Waals surface area (Å²) in [6.07, 6.45) is 3.66. The van der Waals surface area contributed by atoms with Gasteiger partial charge in [-0.1, -0.05) is 12.1 Å². The van der Waals surface area contributed by atoms with Gasteiger partial charge in [0.05, 0.1) is 23.1 Å². The summed E-state index contributed by atoms with van der Waals surface area (Å²) in [6, 6.07) is 12.9. The lowest BCUT2D eigenvalue weighted by Crippen LogP contribution is -2.48. The number of rotatable bonds is 5. The van der Waals surface area contributed by atoms with Crippen molar-refractivity contribution in [1.82, 2.24) is 15.3 Å². The van der Waals surface area contributed by atoms with Gasteiger partial charge in [-0.2, -0.15) is 5.26 Å². The SMILES string of the molecule is Cl.N#Cc1ccc2cccc(NC(=O)C3(O)CCC(NCc4cc5c(cn4)OCCO5)CC3)c2n1. The zero-order valence-corrected chi connectivity index (χ0v) is 19.8. The van der Waals surface area contributed by atoms with E-state index in [2.05, 4.69) is 20.6 Å². The fraction of sp³-hybridized carbons (Fsp3) is 0.360. The minimum Gasteiger partial charge on any atom is -0.486 e. The molecule has 0 radical (unpaired) electrons. The number of hydrogen-bond donors (Lipinski definition) is 3. The van der Waals surface area contributed by atoms with Crippen molar-refractivity contribution in [1.29, 1.82) is 5.26 Å². The summed E-state index contributed by atoms with van der Waals surface area (Å²) in [7, 11) is 0. The quantitative estimate of drug-likeness (QED) is 0.492. The molecule has 3 N–H and O–H groups in total. The molecule has 5 rings (SSSR count). The van der Waals surface area contributed by atoms with E-state index in [1.807, 2.05) is 24.3 Å². The largest absolute Gasteiger partial charge is 0.486 e. The van der Waals surface area contributed by atoms with E-state index < -0.39 is 11.5 Å². The molecule has 2 aromatic heterocycles. The Morgan fingerprint density at radius 1 is 1.17 bits per heavy atom. The number of ether oxygens (including phenoxy) is 2.